The Morgan fingerprint density at radius 2 is 1.71 bits per heavy atom. The third-order valence-corrected chi connectivity index (χ3v) is 5.22. The molecule has 3 N–H and O–H groups in total. The standard InChI is InChI=1S/C21H28N4O3/c1-20(2)10-15(11-21(3,4)24-20)22-12-16-17(26)23-19(28)25(18(16)27)13-14-8-6-5-7-9-14/h5-9,12,15-16,24H,10-11,13H2,1-4H3,(H,23,26,28)/p+1. The minimum Gasteiger partial charge on any atom is -0.337 e. The Labute approximate surface area is 165 Å². The van der Waals surface area contributed by atoms with Crippen molar-refractivity contribution in [1.82, 2.24) is 10.2 Å². The van der Waals surface area contributed by atoms with E-state index in [0.29, 0.717) is 0 Å². The van der Waals surface area contributed by atoms with Crippen LogP contribution in [0.5, 0.6) is 0 Å². The Kier molecular flexibility index (Phi) is 5.39. The van der Waals surface area contributed by atoms with E-state index in [-0.39, 0.29) is 23.7 Å². The van der Waals surface area contributed by atoms with Crippen LogP contribution < -0.4 is 10.6 Å². The third kappa shape index (κ3) is 4.65. The van der Waals surface area contributed by atoms with Crippen molar-refractivity contribution in [2.24, 2.45) is 10.9 Å². The number of carbonyl (C=O) groups is 3. The summed E-state index contributed by atoms with van der Waals surface area (Å²) in [6.45, 7) is 8.83. The Hall–Kier alpha value is -2.54. The summed E-state index contributed by atoms with van der Waals surface area (Å²) >= 11 is 0. The second-order valence-corrected chi connectivity index (χ2v) is 9.16. The van der Waals surface area contributed by atoms with E-state index in [1.807, 2.05) is 30.3 Å². The zero-order chi connectivity index (χ0) is 20.5. The molecular weight excluding hydrogens is 356 g/mol. The number of quaternary nitrogens is 1. The molecule has 28 heavy (non-hydrogen) atoms. The van der Waals surface area contributed by atoms with E-state index in [4.69, 9.17) is 0 Å². The van der Waals surface area contributed by atoms with Crippen LogP contribution in [0.15, 0.2) is 35.3 Å². The number of carbonyl (C=O) groups excluding carboxylic acids is 3. The highest BCUT2D eigenvalue weighted by molar-refractivity contribution is 6.23. The molecule has 2 aliphatic heterocycles. The number of urea groups is 1. The van der Waals surface area contributed by atoms with Gasteiger partial charge in [0.05, 0.1) is 23.7 Å². The first-order chi connectivity index (χ1) is 13.1. The van der Waals surface area contributed by atoms with Gasteiger partial charge in [-0.05, 0) is 33.3 Å². The van der Waals surface area contributed by atoms with Gasteiger partial charge in [0.1, 0.15) is 0 Å². The van der Waals surface area contributed by atoms with Crippen molar-refractivity contribution in [3.8, 4) is 0 Å². The molecule has 0 spiro atoms. The summed E-state index contributed by atoms with van der Waals surface area (Å²) in [5, 5.41) is 4.63. The summed E-state index contributed by atoms with van der Waals surface area (Å²) in [6.07, 6.45) is 3.16. The summed E-state index contributed by atoms with van der Waals surface area (Å²) in [7, 11) is 0. The van der Waals surface area contributed by atoms with Crippen molar-refractivity contribution >= 4 is 24.1 Å². The van der Waals surface area contributed by atoms with Crippen LogP contribution in [0.1, 0.15) is 46.1 Å². The average Bonchev–Trinajstić information content (AvgIpc) is 2.56. The largest absolute Gasteiger partial charge is 0.337 e. The first-order valence-electron chi connectivity index (χ1n) is 9.67. The maximum absolute atomic E-state index is 12.8. The zero-order valence-electron chi connectivity index (χ0n) is 16.9. The summed E-state index contributed by atoms with van der Waals surface area (Å²) < 4.78 is 0. The lowest BCUT2D eigenvalue weighted by Gasteiger charge is -2.41. The molecule has 2 aliphatic rings. The molecule has 1 unspecified atom stereocenters. The number of hydrogen-bond acceptors (Lipinski definition) is 4. The Morgan fingerprint density at radius 1 is 1.11 bits per heavy atom. The van der Waals surface area contributed by atoms with E-state index in [2.05, 4.69) is 43.3 Å². The van der Waals surface area contributed by atoms with Crippen molar-refractivity contribution in [3.05, 3.63) is 35.9 Å². The lowest BCUT2D eigenvalue weighted by Crippen LogP contribution is -3.05. The van der Waals surface area contributed by atoms with Crippen molar-refractivity contribution in [2.75, 3.05) is 0 Å². The van der Waals surface area contributed by atoms with Gasteiger partial charge in [0, 0.05) is 19.1 Å². The molecule has 0 saturated carbocycles. The summed E-state index contributed by atoms with van der Waals surface area (Å²) in [6, 6.07) is 8.58. The summed E-state index contributed by atoms with van der Waals surface area (Å²) in [5.41, 5.74) is 0.901. The van der Waals surface area contributed by atoms with Crippen molar-refractivity contribution < 1.29 is 19.7 Å². The van der Waals surface area contributed by atoms with Gasteiger partial charge in [-0.2, -0.15) is 0 Å². The van der Waals surface area contributed by atoms with Crippen LogP contribution in [0.3, 0.4) is 0 Å². The van der Waals surface area contributed by atoms with E-state index in [9.17, 15) is 14.4 Å². The highest BCUT2D eigenvalue weighted by Gasteiger charge is 2.43. The lowest BCUT2D eigenvalue weighted by atomic mass is 9.80. The third-order valence-electron chi connectivity index (χ3n) is 5.22. The van der Waals surface area contributed by atoms with Crippen LogP contribution in [0.25, 0.3) is 0 Å². The molecule has 1 aromatic carbocycles. The van der Waals surface area contributed by atoms with Gasteiger partial charge in [-0.15, -0.1) is 0 Å². The molecule has 0 aliphatic carbocycles. The monoisotopic (exact) mass is 385 g/mol. The minimum absolute atomic E-state index is 0.0378. The Morgan fingerprint density at radius 3 is 2.32 bits per heavy atom. The normalized spacial score (nSPS) is 25.2. The molecule has 0 radical (unpaired) electrons. The van der Waals surface area contributed by atoms with Crippen LogP contribution in [0.2, 0.25) is 0 Å². The van der Waals surface area contributed by atoms with Crippen LogP contribution >= 0.6 is 0 Å². The molecule has 7 nitrogen and oxygen atoms in total. The molecule has 1 aromatic rings. The van der Waals surface area contributed by atoms with E-state index >= 15 is 0 Å². The number of rotatable bonds is 4. The number of amides is 4. The number of barbiturate groups is 1. The van der Waals surface area contributed by atoms with Crippen molar-refractivity contribution in [3.63, 3.8) is 0 Å². The first kappa shape index (κ1) is 20.2. The number of nitrogens with two attached hydrogens (primary N) is 1. The molecule has 0 aromatic heterocycles. The number of nitrogens with one attached hydrogen (secondary N) is 1. The number of imide groups is 2. The minimum atomic E-state index is -1.07. The molecule has 4 amide bonds. The summed E-state index contributed by atoms with van der Waals surface area (Å²) in [4.78, 5) is 42.9. The van der Waals surface area contributed by atoms with Crippen molar-refractivity contribution in [2.45, 2.75) is 64.2 Å². The second kappa shape index (κ2) is 7.47. The van der Waals surface area contributed by atoms with Gasteiger partial charge >= 0.3 is 6.03 Å². The fourth-order valence-electron chi connectivity index (χ4n) is 4.45. The molecule has 3 rings (SSSR count). The number of nitrogens with zero attached hydrogens (tertiary/aromatic N) is 2. The highest BCUT2D eigenvalue weighted by atomic mass is 16.2. The zero-order valence-corrected chi connectivity index (χ0v) is 16.9. The van der Waals surface area contributed by atoms with E-state index in [1.165, 1.54) is 6.21 Å². The van der Waals surface area contributed by atoms with E-state index in [1.54, 1.807) is 0 Å². The Balaban J connectivity index is 1.75. The van der Waals surface area contributed by atoms with Gasteiger partial charge < -0.3 is 5.32 Å². The molecule has 1 atom stereocenters. The summed E-state index contributed by atoms with van der Waals surface area (Å²) in [5.74, 6) is -2.20. The predicted molar refractivity (Wildman–Crippen MR) is 106 cm³/mol. The van der Waals surface area contributed by atoms with Gasteiger partial charge in [0.2, 0.25) is 11.8 Å². The number of aliphatic imine (C=N–C) groups is 1. The fraction of sp³-hybridized carbons (Fsp3) is 0.524. The molecule has 150 valence electrons. The maximum Gasteiger partial charge on any atom is 0.331 e. The molecule has 0 bridgehead atoms. The van der Waals surface area contributed by atoms with Crippen molar-refractivity contribution in [1.29, 1.82) is 0 Å². The Bertz CT molecular complexity index is 785. The van der Waals surface area contributed by atoms with Crippen LogP contribution in [0.4, 0.5) is 4.79 Å². The lowest BCUT2D eigenvalue weighted by molar-refractivity contribution is -0.787. The maximum atomic E-state index is 12.8. The van der Waals surface area contributed by atoms with Gasteiger partial charge in [-0.3, -0.25) is 24.8 Å². The van der Waals surface area contributed by atoms with Gasteiger partial charge in [-0.1, -0.05) is 30.3 Å². The molecule has 7 heteroatoms. The number of piperidine rings is 1. The quantitative estimate of drug-likeness (QED) is 0.603. The number of benzene rings is 1. The fourth-order valence-corrected chi connectivity index (χ4v) is 4.45. The predicted octanol–water partition coefficient (Wildman–Crippen LogP) is 1.24. The second-order valence-electron chi connectivity index (χ2n) is 9.16. The van der Waals surface area contributed by atoms with Gasteiger partial charge in [0.15, 0.2) is 5.92 Å². The molecule has 2 fully saturated rings. The van der Waals surface area contributed by atoms with Crippen LogP contribution in [0, 0.1) is 5.92 Å². The molecule has 2 saturated heterocycles. The van der Waals surface area contributed by atoms with E-state index < -0.39 is 23.8 Å². The highest BCUT2D eigenvalue weighted by Crippen LogP contribution is 2.24. The van der Waals surface area contributed by atoms with Crippen LogP contribution in [-0.2, 0) is 16.1 Å². The van der Waals surface area contributed by atoms with E-state index in [0.717, 1.165) is 23.3 Å². The number of hydrogen-bond donors (Lipinski definition) is 2. The van der Waals surface area contributed by atoms with Crippen LogP contribution in [-0.4, -0.2) is 46.1 Å². The first-order valence-corrected chi connectivity index (χ1v) is 9.67. The van der Waals surface area contributed by atoms with Gasteiger partial charge in [0.25, 0.3) is 0 Å². The van der Waals surface area contributed by atoms with Gasteiger partial charge in [-0.25, -0.2) is 4.79 Å². The topological polar surface area (TPSA) is 95.5 Å². The SMILES string of the molecule is CC1(C)CC(N=CC2C(=O)NC(=O)N(Cc3ccccc3)C2=O)CC(C)(C)[NH2+]1. The smallest absolute Gasteiger partial charge is 0.331 e. The average molecular weight is 385 g/mol. The molecule has 2 heterocycles. The molecular formula is C21H29N4O3+.